The molecule has 0 spiro atoms. The molecular weight excluding hydrogens is 348 g/mol. The van der Waals surface area contributed by atoms with Crippen LogP contribution in [0.25, 0.3) is 0 Å². The van der Waals surface area contributed by atoms with Gasteiger partial charge in [-0.2, -0.15) is 0 Å². The van der Waals surface area contributed by atoms with Crippen molar-refractivity contribution in [3.05, 3.63) is 33.3 Å². The number of carbonyl (C=O) groups excluding carboxylic acids is 1. The van der Waals surface area contributed by atoms with Gasteiger partial charge in [0.25, 0.3) is 5.91 Å². The van der Waals surface area contributed by atoms with Gasteiger partial charge in [-0.15, -0.1) is 0 Å². The molecule has 1 aromatic carbocycles. The average Bonchev–Trinajstić information content (AvgIpc) is 2.34. The highest BCUT2D eigenvalue weighted by atomic mass is 79.9. The normalized spacial score (nSPS) is 12.0. The minimum absolute atomic E-state index is 0.0203. The molecule has 0 heterocycles. The van der Waals surface area contributed by atoms with Gasteiger partial charge in [-0.25, -0.2) is 0 Å². The number of hydrogen-bond acceptors (Lipinski definition) is 2. The number of nitrogens with zero attached hydrogens (tertiary/aromatic N) is 1. The van der Waals surface area contributed by atoms with Crippen LogP contribution in [0.3, 0.4) is 0 Å². The van der Waals surface area contributed by atoms with Gasteiger partial charge in [0.2, 0.25) is 0 Å². The summed E-state index contributed by atoms with van der Waals surface area (Å²) < 4.78 is 0.841. The Bertz CT molecular complexity index is 496. The molecule has 1 unspecified atom stereocenters. The van der Waals surface area contributed by atoms with Crippen LogP contribution in [-0.4, -0.2) is 28.9 Å². The van der Waals surface area contributed by atoms with E-state index in [0.717, 1.165) is 4.47 Å². The molecule has 1 aromatic rings. The number of halogens is 2. The summed E-state index contributed by atoms with van der Waals surface area (Å²) >= 11 is 14.4. The third-order valence-electron chi connectivity index (χ3n) is 2.81. The summed E-state index contributed by atoms with van der Waals surface area (Å²) in [6, 6.07) is 5.21. The summed E-state index contributed by atoms with van der Waals surface area (Å²) in [5.74, 6) is -0.128. The van der Waals surface area contributed by atoms with Gasteiger partial charge in [-0.1, -0.05) is 46.7 Å². The molecule has 1 atom stereocenters. The fourth-order valence-corrected chi connectivity index (χ4v) is 2.44. The first-order chi connectivity index (χ1) is 8.86. The lowest BCUT2D eigenvalue weighted by molar-refractivity contribution is 0.0755. The van der Waals surface area contributed by atoms with Crippen molar-refractivity contribution in [1.82, 2.24) is 4.90 Å². The minimum atomic E-state index is -0.108. The maximum atomic E-state index is 12.4. The Labute approximate surface area is 132 Å². The van der Waals surface area contributed by atoms with Crippen LogP contribution in [0.2, 0.25) is 5.02 Å². The summed E-state index contributed by atoms with van der Waals surface area (Å²) in [6.45, 7) is 4.90. The van der Waals surface area contributed by atoms with E-state index in [9.17, 15) is 4.79 Å². The number of rotatable bonds is 5. The number of amides is 1. The molecule has 2 N–H and O–H groups in total. The SMILES string of the molecule is CCN(CC(C)C(N)=S)C(=O)c1ccc(Br)cc1Cl. The molecule has 0 saturated carbocycles. The van der Waals surface area contributed by atoms with Gasteiger partial charge in [0.1, 0.15) is 0 Å². The number of benzene rings is 1. The fourth-order valence-electron chi connectivity index (χ4n) is 1.61. The van der Waals surface area contributed by atoms with Crippen LogP contribution in [0.4, 0.5) is 0 Å². The molecule has 1 amide bonds. The molecule has 0 aliphatic carbocycles. The number of nitrogens with two attached hydrogens (primary N) is 1. The summed E-state index contributed by atoms with van der Waals surface area (Å²) in [6.07, 6.45) is 0. The monoisotopic (exact) mass is 362 g/mol. The number of hydrogen-bond donors (Lipinski definition) is 1. The molecule has 0 saturated heterocycles. The maximum Gasteiger partial charge on any atom is 0.255 e. The Morgan fingerprint density at radius 2 is 2.21 bits per heavy atom. The van der Waals surface area contributed by atoms with E-state index in [2.05, 4.69) is 15.9 Å². The highest BCUT2D eigenvalue weighted by Crippen LogP contribution is 2.23. The Kier molecular flexibility index (Phi) is 6.23. The van der Waals surface area contributed by atoms with Gasteiger partial charge in [0.05, 0.1) is 15.6 Å². The first-order valence-corrected chi connectivity index (χ1v) is 7.48. The standard InChI is InChI=1S/C13H16BrClN2OS/c1-3-17(7-8(2)12(16)19)13(18)10-5-4-9(14)6-11(10)15/h4-6,8H,3,7H2,1-2H3,(H2,16,19). The quantitative estimate of drug-likeness (QED) is 0.815. The fraction of sp³-hybridized carbons (Fsp3) is 0.385. The number of carbonyl (C=O) groups is 1. The molecule has 6 heteroatoms. The second-order valence-corrected chi connectivity index (χ2v) is 6.07. The molecule has 0 radical (unpaired) electrons. The van der Waals surface area contributed by atoms with Crippen molar-refractivity contribution in [2.75, 3.05) is 13.1 Å². The summed E-state index contributed by atoms with van der Waals surface area (Å²) in [7, 11) is 0. The highest BCUT2D eigenvalue weighted by molar-refractivity contribution is 9.10. The van der Waals surface area contributed by atoms with E-state index in [1.54, 1.807) is 23.1 Å². The predicted octanol–water partition coefficient (Wildman–Crippen LogP) is 3.49. The van der Waals surface area contributed by atoms with Crippen LogP contribution < -0.4 is 5.73 Å². The van der Waals surface area contributed by atoms with Crippen molar-refractivity contribution < 1.29 is 4.79 Å². The summed E-state index contributed by atoms with van der Waals surface area (Å²) in [5, 5.41) is 0.431. The molecule has 0 aliphatic rings. The molecule has 0 aliphatic heterocycles. The lowest BCUT2D eigenvalue weighted by atomic mass is 10.1. The van der Waals surface area contributed by atoms with Gasteiger partial charge in [0, 0.05) is 23.5 Å². The second kappa shape index (κ2) is 7.22. The maximum absolute atomic E-state index is 12.4. The zero-order chi connectivity index (χ0) is 14.6. The third-order valence-corrected chi connectivity index (χ3v) is 4.02. The third kappa shape index (κ3) is 4.44. The Morgan fingerprint density at radius 3 is 2.68 bits per heavy atom. The van der Waals surface area contributed by atoms with Crippen molar-refractivity contribution >= 4 is 50.6 Å². The van der Waals surface area contributed by atoms with Crippen LogP contribution in [0, 0.1) is 5.92 Å². The van der Waals surface area contributed by atoms with E-state index in [4.69, 9.17) is 29.6 Å². The first-order valence-electron chi connectivity index (χ1n) is 5.90. The van der Waals surface area contributed by atoms with E-state index in [-0.39, 0.29) is 11.8 Å². The van der Waals surface area contributed by atoms with Gasteiger partial charge in [-0.05, 0) is 25.1 Å². The van der Waals surface area contributed by atoms with Crippen molar-refractivity contribution in [2.45, 2.75) is 13.8 Å². The average molecular weight is 364 g/mol. The van der Waals surface area contributed by atoms with Gasteiger partial charge in [-0.3, -0.25) is 4.79 Å². The molecular formula is C13H16BrClN2OS. The van der Waals surface area contributed by atoms with Crippen LogP contribution in [-0.2, 0) is 0 Å². The van der Waals surface area contributed by atoms with Crippen LogP contribution in [0.15, 0.2) is 22.7 Å². The molecule has 0 bridgehead atoms. The van der Waals surface area contributed by atoms with Gasteiger partial charge in [0.15, 0.2) is 0 Å². The largest absolute Gasteiger partial charge is 0.393 e. The topological polar surface area (TPSA) is 46.3 Å². The smallest absolute Gasteiger partial charge is 0.255 e. The summed E-state index contributed by atoms with van der Waals surface area (Å²) in [5.41, 5.74) is 6.08. The molecule has 0 fully saturated rings. The van der Waals surface area contributed by atoms with E-state index < -0.39 is 0 Å². The van der Waals surface area contributed by atoms with Crippen LogP contribution in [0.5, 0.6) is 0 Å². The second-order valence-electron chi connectivity index (χ2n) is 4.27. The first kappa shape index (κ1) is 16.4. The Hall–Kier alpha value is -0.650. The minimum Gasteiger partial charge on any atom is -0.393 e. The molecule has 3 nitrogen and oxygen atoms in total. The zero-order valence-electron chi connectivity index (χ0n) is 10.8. The number of thiocarbonyl (C=S) groups is 1. The van der Waals surface area contributed by atoms with Crippen molar-refractivity contribution in [2.24, 2.45) is 11.7 Å². The van der Waals surface area contributed by atoms with E-state index in [0.29, 0.717) is 28.7 Å². The Morgan fingerprint density at radius 1 is 1.58 bits per heavy atom. The van der Waals surface area contributed by atoms with Crippen LogP contribution >= 0.6 is 39.7 Å². The lowest BCUT2D eigenvalue weighted by Crippen LogP contribution is -2.38. The van der Waals surface area contributed by atoms with Crippen LogP contribution in [0.1, 0.15) is 24.2 Å². The Balaban J connectivity index is 2.92. The molecule has 1 rings (SSSR count). The van der Waals surface area contributed by atoms with Crippen molar-refractivity contribution in [1.29, 1.82) is 0 Å². The van der Waals surface area contributed by atoms with E-state index in [1.165, 1.54) is 0 Å². The van der Waals surface area contributed by atoms with E-state index >= 15 is 0 Å². The highest BCUT2D eigenvalue weighted by Gasteiger charge is 2.20. The molecule has 0 aromatic heterocycles. The van der Waals surface area contributed by atoms with E-state index in [1.807, 2.05) is 13.8 Å². The summed E-state index contributed by atoms with van der Waals surface area (Å²) in [4.78, 5) is 14.5. The molecule has 19 heavy (non-hydrogen) atoms. The van der Waals surface area contributed by atoms with Gasteiger partial charge < -0.3 is 10.6 Å². The van der Waals surface area contributed by atoms with Gasteiger partial charge >= 0.3 is 0 Å². The predicted molar refractivity (Wildman–Crippen MR) is 86.7 cm³/mol. The molecule has 104 valence electrons. The zero-order valence-corrected chi connectivity index (χ0v) is 14.0. The van der Waals surface area contributed by atoms with Crippen molar-refractivity contribution in [3.63, 3.8) is 0 Å². The van der Waals surface area contributed by atoms with Crippen molar-refractivity contribution in [3.8, 4) is 0 Å². The lowest BCUT2D eigenvalue weighted by Gasteiger charge is -2.24.